The summed E-state index contributed by atoms with van der Waals surface area (Å²) < 4.78 is 5.84. The monoisotopic (exact) mass is 1550 g/mol. The van der Waals surface area contributed by atoms with Crippen molar-refractivity contribution in [2.45, 2.75) is 244 Å². The van der Waals surface area contributed by atoms with Gasteiger partial charge in [0.15, 0.2) is 23.7 Å². The molecule has 3 unspecified atom stereocenters. The van der Waals surface area contributed by atoms with Gasteiger partial charge in [-0.05, 0) is 101 Å². The predicted octanol–water partition coefficient (Wildman–Crippen LogP) is 8.95. The number of alkyl halides is 2. The van der Waals surface area contributed by atoms with Crippen molar-refractivity contribution >= 4 is 137 Å². The molecule has 4 fully saturated rings. The van der Waals surface area contributed by atoms with Crippen molar-refractivity contribution in [2.75, 3.05) is 21.9 Å². The highest BCUT2D eigenvalue weighted by molar-refractivity contribution is 14.1. The summed E-state index contributed by atoms with van der Waals surface area (Å²) in [7, 11) is 0. The molecule has 0 aliphatic carbocycles. The van der Waals surface area contributed by atoms with Crippen LogP contribution in [0, 0.1) is 11.8 Å². The van der Waals surface area contributed by atoms with Crippen molar-refractivity contribution in [3.05, 3.63) is 72.1 Å². The molecule has 24 heteroatoms. The van der Waals surface area contributed by atoms with Crippen LogP contribution in [0.25, 0.3) is 21.8 Å². The zero-order valence-electron chi connectivity index (χ0n) is 56.8. The number of aryl methyl sites for hydroxylation is 2. The van der Waals surface area contributed by atoms with Crippen molar-refractivity contribution < 1.29 is 57.5 Å². The Morgan fingerprint density at radius 2 is 0.854 bits per heavy atom. The zero-order valence-corrected chi connectivity index (χ0v) is 61.1. The Hall–Kier alpha value is -6.58. The molecule has 2 aromatic heterocycles. The van der Waals surface area contributed by atoms with Gasteiger partial charge < -0.3 is 50.8 Å². The molecule has 10 atom stereocenters. The Morgan fingerprint density at radius 3 is 1.22 bits per heavy atom. The van der Waals surface area contributed by atoms with Crippen LogP contribution in [-0.2, 0) is 61.0 Å². The number of unbranched alkanes of at least 4 members (excludes halogenated alkanes) is 4. The molecule has 4 aromatic rings. The summed E-state index contributed by atoms with van der Waals surface area (Å²) in [6.45, 7) is 13.3. The summed E-state index contributed by atoms with van der Waals surface area (Å²) in [5.74, 6) is -5.73. The van der Waals surface area contributed by atoms with Crippen molar-refractivity contribution in [1.29, 1.82) is 0 Å². The lowest BCUT2D eigenvalue weighted by atomic mass is 9.93. The van der Waals surface area contributed by atoms with Crippen LogP contribution in [0.1, 0.15) is 204 Å². The van der Waals surface area contributed by atoms with E-state index in [1.165, 1.54) is 0 Å². The van der Waals surface area contributed by atoms with E-state index >= 15 is 0 Å². The number of halogens is 2. The molecule has 6 N–H and O–H groups in total. The lowest BCUT2D eigenvalue weighted by Crippen LogP contribution is -2.65. The van der Waals surface area contributed by atoms with Gasteiger partial charge in [0, 0.05) is 106 Å². The van der Waals surface area contributed by atoms with E-state index < -0.39 is 95.3 Å². The Labute approximate surface area is 591 Å². The normalized spacial score (nSPS) is 23.0. The fraction of sp³-hybridized carbons (Fsp3) is 0.611. The number of Topliss-reactive ketones (excluding diaryl/α,β-unsaturated/α-hetero) is 4. The number of carbonyl (C=O) groups is 12. The molecule has 0 saturated carbocycles. The first-order valence-corrected chi connectivity index (χ1v) is 38.1. The summed E-state index contributed by atoms with van der Waals surface area (Å²) in [4.78, 5) is 168. The number of hydrogen-bond acceptors (Lipinski definition) is 12. The third-order valence-corrected chi connectivity index (χ3v) is 21.0. The van der Waals surface area contributed by atoms with E-state index in [9.17, 15) is 57.5 Å². The summed E-state index contributed by atoms with van der Waals surface area (Å²) in [5, 5.41) is 18.2. The SMILES string of the molecule is CCC(=O)CCCCC[C@@H]1NC(=O)[C@H]2CCCCN2C(=O)[C@H](C(C)CC)NC(=O)C(C(=O)c2cn(CCCI)c3ccccc23)NC1=O.CCC(=O)CCCCC[C@@H]1NC(=O)[C@H]2CCCCN2C(=O)[C@H](C(C)CC)NC(=O)[C@H](C(=O)c2cn(CCCI)c3ccccc23)NC1=O. The molecule has 4 aliphatic heterocycles. The van der Waals surface area contributed by atoms with E-state index in [2.05, 4.69) is 77.1 Å². The average Bonchev–Trinajstić information content (AvgIpc) is 1.51. The molecule has 4 saturated heterocycles. The molecular formula is C72H100I2N10O12. The first-order valence-electron chi connectivity index (χ1n) is 35.0. The van der Waals surface area contributed by atoms with Crippen LogP contribution < -0.4 is 31.9 Å². The molecule has 524 valence electrons. The number of rotatable bonds is 28. The fourth-order valence-electron chi connectivity index (χ4n) is 13.3. The molecular weight excluding hydrogens is 1450 g/mol. The number of carbonyl (C=O) groups excluding carboxylic acids is 12. The Balaban J connectivity index is 0.000000271. The number of benzene rings is 2. The maximum absolute atomic E-state index is 14.4. The average molecular weight is 1550 g/mol. The van der Waals surface area contributed by atoms with Crippen LogP contribution in [0.3, 0.4) is 0 Å². The smallest absolute Gasteiger partial charge is 0.251 e. The number of para-hydroxylation sites is 2. The second-order valence-electron chi connectivity index (χ2n) is 26.1. The van der Waals surface area contributed by atoms with Crippen LogP contribution >= 0.6 is 45.2 Å². The van der Waals surface area contributed by atoms with Gasteiger partial charge in [-0.2, -0.15) is 0 Å². The lowest BCUT2D eigenvalue weighted by Gasteiger charge is -2.39. The molecule has 8 amide bonds. The van der Waals surface area contributed by atoms with Crippen molar-refractivity contribution in [3.63, 3.8) is 0 Å². The molecule has 8 rings (SSSR count). The topological polar surface area (TPSA) is 293 Å². The van der Waals surface area contributed by atoms with Crippen molar-refractivity contribution in [2.24, 2.45) is 11.8 Å². The Kier molecular flexibility index (Phi) is 30.4. The van der Waals surface area contributed by atoms with Crippen LogP contribution in [0.2, 0.25) is 0 Å². The highest BCUT2D eigenvalue weighted by Gasteiger charge is 2.45. The number of hydrogen-bond donors (Lipinski definition) is 6. The van der Waals surface area contributed by atoms with Crippen LogP contribution in [0.4, 0.5) is 0 Å². The maximum Gasteiger partial charge on any atom is 0.251 e. The molecule has 2 aromatic carbocycles. The Bertz CT molecular complexity index is 3200. The van der Waals surface area contributed by atoms with E-state index in [1.807, 2.05) is 99.2 Å². The minimum Gasteiger partial charge on any atom is -0.347 e. The van der Waals surface area contributed by atoms with Gasteiger partial charge in [0.1, 0.15) is 47.8 Å². The van der Waals surface area contributed by atoms with E-state index in [1.54, 1.807) is 22.2 Å². The minimum absolute atomic E-state index is 0.174. The number of aromatic nitrogens is 2. The summed E-state index contributed by atoms with van der Waals surface area (Å²) >= 11 is 4.61. The second kappa shape index (κ2) is 38.0. The summed E-state index contributed by atoms with van der Waals surface area (Å²) in [6, 6.07) is 6.13. The number of nitrogens with one attached hydrogen (secondary N) is 6. The van der Waals surface area contributed by atoms with E-state index in [-0.39, 0.29) is 48.1 Å². The fourth-order valence-corrected chi connectivity index (χ4v) is 14.0. The van der Waals surface area contributed by atoms with Crippen molar-refractivity contribution in [1.82, 2.24) is 50.8 Å². The summed E-state index contributed by atoms with van der Waals surface area (Å²) in [5.41, 5.74) is 2.30. The van der Waals surface area contributed by atoms with E-state index in [4.69, 9.17) is 0 Å². The van der Waals surface area contributed by atoms with Gasteiger partial charge in [0.05, 0.1) is 0 Å². The maximum atomic E-state index is 14.4. The van der Waals surface area contributed by atoms with Crippen molar-refractivity contribution in [3.8, 4) is 0 Å². The summed E-state index contributed by atoms with van der Waals surface area (Å²) in [6.07, 6.45) is 16.4. The highest BCUT2D eigenvalue weighted by atomic mass is 127. The third-order valence-electron chi connectivity index (χ3n) is 19.5. The van der Waals surface area contributed by atoms with Gasteiger partial charge in [0.2, 0.25) is 35.4 Å². The highest BCUT2D eigenvalue weighted by Crippen LogP contribution is 2.29. The van der Waals surface area contributed by atoms with Gasteiger partial charge in [0.25, 0.3) is 11.8 Å². The Morgan fingerprint density at radius 1 is 0.469 bits per heavy atom. The predicted molar refractivity (Wildman–Crippen MR) is 386 cm³/mol. The third kappa shape index (κ3) is 19.8. The van der Waals surface area contributed by atoms with Gasteiger partial charge in [-0.1, -0.05) is 162 Å². The first kappa shape index (κ1) is 76.8. The molecule has 96 heavy (non-hydrogen) atoms. The lowest BCUT2D eigenvalue weighted by molar-refractivity contribution is -0.147. The zero-order chi connectivity index (χ0) is 69.6. The number of ketones is 4. The van der Waals surface area contributed by atoms with Gasteiger partial charge in [-0.3, -0.25) is 57.5 Å². The van der Waals surface area contributed by atoms with Gasteiger partial charge >= 0.3 is 0 Å². The van der Waals surface area contributed by atoms with Gasteiger partial charge in [-0.15, -0.1) is 0 Å². The number of piperidine rings is 2. The molecule has 0 spiro atoms. The minimum atomic E-state index is -1.63. The van der Waals surface area contributed by atoms with Crippen LogP contribution in [-0.4, -0.2) is 160 Å². The first-order chi connectivity index (χ1) is 46.2. The van der Waals surface area contributed by atoms with Crippen LogP contribution in [0.15, 0.2) is 60.9 Å². The van der Waals surface area contributed by atoms with Crippen LogP contribution in [0.5, 0.6) is 0 Å². The molecule has 0 bridgehead atoms. The van der Waals surface area contributed by atoms with Gasteiger partial charge in [-0.25, -0.2) is 0 Å². The second-order valence-corrected chi connectivity index (χ2v) is 28.3. The molecule has 0 radical (unpaired) electrons. The molecule has 4 aliphatic rings. The quantitative estimate of drug-likeness (QED) is 0.0102. The number of fused-ring (bicyclic) bond motifs is 4. The largest absolute Gasteiger partial charge is 0.347 e. The number of nitrogens with zero attached hydrogens (tertiary/aromatic N) is 4. The molecule has 6 heterocycles. The van der Waals surface area contributed by atoms with E-state index in [0.29, 0.717) is 138 Å². The standard InChI is InChI=1S/2C36H50IN5O6/c2*1-4-23(3)30-36(48)42-21-12-11-18-29(42)34(46)38-27(16-8-6-7-14-24(43)5-2)33(45)40-31(35(47)39-30)32(44)26-22-41(20-13-19-37)28-17-10-9-15-25(26)28/h2*9-10,15,17,22-23,27,29-31H,4-8,11-14,16,18-21H2,1-3H3,(H,38,46)(H,39,47)(H,40,45)/t23?,27-,29+,30-,31?;23?,27-,29+,30-,31-/m00/s1. The molecule has 22 nitrogen and oxygen atoms in total. The number of amides is 8. The van der Waals surface area contributed by atoms with E-state index in [0.717, 1.165) is 58.4 Å².